The fourth-order valence-electron chi connectivity index (χ4n) is 2.65. The number of pyridine rings is 1. The van der Waals surface area contributed by atoms with Crippen LogP contribution in [0.5, 0.6) is 0 Å². The van der Waals surface area contributed by atoms with E-state index in [1.54, 1.807) is 36.7 Å². The van der Waals surface area contributed by atoms with Crippen LogP contribution in [0.15, 0.2) is 48.8 Å². The van der Waals surface area contributed by atoms with Gasteiger partial charge in [-0.05, 0) is 49.2 Å². The summed E-state index contributed by atoms with van der Waals surface area (Å²) in [6, 6.07) is 10.1. The summed E-state index contributed by atoms with van der Waals surface area (Å²) in [5.41, 5.74) is 1.66. The number of nitrogens with one attached hydrogen (secondary N) is 2. The van der Waals surface area contributed by atoms with Crippen molar-refractivity contribution >= 4 is 17.4 Å². The topological polar surface area (TPSA) is 57.3 Å². The number of nitrogens with zero attached hydrogens (tertiary/aromatic N) is 2. The average molecular weight is 314 g/mol. The van der Waals surface area contributed by atoms with Gasteiger partial charge in [0.2, 0.25) is 0 Å². The summed E-state index contributed by atoms with van der Waals surface area (Å²) < 4.78 is 12.9. The minimum absolute atomic E-state index is 0.0866. The molecule has 5 nitrogen and oxygen atoms in total. The normalized spacial score (nSPS) is 15.3. The monoisotopic (exact) mass is 314 g/mol. The predicted molar refractivity (Wildman–Crippen MR) is 87.9 cm³/mol. The number of hydrogen-bond donors (Lipinski definition) is 2. The largest absolute Gasteiger partial charge is 0.382 e. The molecule has 6 heteroatoms. The van der Waals surface area contributed by atoms with E-state index in [-0.39, 0.29) is 11.8 Å². The van der Waals surface area contributed by atoms with E-state index in [1.165, 1.54) is 12.1 Å². The highest BCUT2D eigenvalue weighted by Crippen LogP contribution is 2.18. The number of aromatic nitrogens is 1. The number of amides is 2. The minimum atomic E-state index is -0.238. The van der Waals surface area contributed by atoms with Gasteiger partial charge in [0.05, 0.1) is 0 Å². The molecule has 0 aliphatic carbocycles. The standard InChI is InChI=1S/C17H19FN4O/c18-13-1-3-14(4-2-13)20-16-7-11-22(12-8-16)17(23)21-15-5-9-19-10-6-15/h1-6,9-10,16,20H,7-8,11-12H2,(H,19,21,23). The summed E-state index contributed by atoms with van der Waals surface area (Å²) in [6.07, 6.45) is 5.02. The molecule has 1 aliphatic heterocycles. The molecule has 23 heavy (non-hydrogen) atoms. The first-order chi connectivity index (χ1) is 11.2. The van der Waals surface area contributed by atoms with Crippen LogP contribution in [0.1, 0.15) is 12.8 Å². The van der Waals surface area contributed by atoms with Crippen molar-refractivity contribution in [2.45, 2.75) is 18.9 Å². The van der Waals surface area contributed by atoms with Crippen molar-refractivity contribution in [3.8, 4) is 0 Å². The summed E-state index contributed by atoms with van der Waals surface area (Å²) in [5.74, 6) is -0.238. The number of benzene rings is 1. The van der Waals surface area contributed by atoms with Crippen LogP contribution in [0, 0.1) is 5.82 Å². The zero-order valence-corrected chi connectivity index (χ0v) is 12.7. The SMILES string of the molecule is O=C(Nc1ccncc1)N1CCC(Nc2ccc(F)cc2)CC1. The zero-order valence-electron chi connectivity index (χ0n) is 12.7. The molecule has 0 saturated carbocycles. The van der Waals surface area contributed by atoms with Crippen LogP contribution < -0.4 is 10.6 Å². The molecule has 2 aromatic rings. The molecule has 2 amide bonds. The number of carbonyl (C=O) groups is 1. The highest BCUT2D eigenvalue weighted by Gasteiger charge is 2.22. The predicted octanol–water partition coefficient (Wildman–Crippen LogP) is 3.33. The van der Waals surface area contributed by atoms with E-state index in [0.717, 1.165) is 24.2 Å². The van der Waals surface area contributed by atoms with E-state index >= 15 is 0 Å². The molecule has 0 atom stereocenters. The Labute approximate surface area is 134 Å². The molecular weight excluding hydrogens is 295 g/mol. The second-order valence-corrected chi connectivity index (χ2v) is 5.58. The van der Waals surface area contributed by atoms with Crippen LogP contribution in [0.2, 0.25) is 0 Å². The maximum atomic E-state index is 12.9. The van der Waals surface area contributed by atoms with Crippen LogP contribution in [0.25, 0.3) is 0 Å². The first-order valence-corrected chi connectivity index (χ1v) is 7.69. The summed E-state index contributed by atoms with van der Waals surface area (Å²) in [5, 5.41) is 6.25. The van der Waals surface area contributed by atoms with E-state index in [9.17, 15) is 9.18 Å². The number of urea groups is 1. The number of hydrogen-bond acceptors (Lipinski definition) is 3. The molecule has 2 heterocycles. The molecule has 2 N–H and O–H groups in total. The molecule has 0 bridgehead atoms. The van der Waals surface area contributed by atoms with Gasteiger partial charge in [-0.15, -0.1) is 0 Å². The molecule has 0 radical (unpaired) electrons. The molecule has 120 valence electrons. The zero-order chi connectivity index (χ0) is 16.1. The molecule has 1 aliphatic rings. The number of carbonyl (C=O) groups excluding carboxylic acids is 1. The van der Waals surface area contributed by atoms with Gasteiger partial charge in [0, 0.05) is 42.9 Å². The molecule has 3 rings (SSSR count). The number of rotatable bonds is 3. The smallest absolute Gasteiger partial charge is 0.321 e. The van der Waals surface area contributed by atoms with Crippen LogP contribution >= 0.6 is 0 Å². The van der Waals surface area contributed by atoms with E-state index in [2.05, 4.69) is 15.6 Å². The van der Waals surface area contributed by atoms with Gasteiger partial charge in [0.15, 0.2) is 0 Å². The number of likely N-dealkylation sites (tertiary alicyclic amines) is 1. The summed E-state index contributed by atoms with van der Waals surface area (Å²) in [7, 11) is 0. The molecule has 0 unspecified atom stereocenters. The van der Waals surface area contributed by atoms with Gasteiger partial charge in [0.1, 0.15) is 5.82 Å². The Balaban J connectivity index is 1.48. The van der Waals surface area contributed by atoms with Gasteiger partial charge in [-0.3, -0.25) is 4.98 Å². The average Bonchev–Trinajstić information content (AvgIpc) is 2.58. The van der Waals surface area contributed by atoms with Gasteiger partial charge >= 0.3 is 6.03 Å². The maximum absolute atomic E-state index is 12.9. The van der Waals surface area contributed by atoms with Crippen molar-refractivity contribution in [1.29, 1.82) is 0 Å². The highest BCUT2D eigenvalue weighted by molar-refractivity contribution is 5.89. The molecular formula is C17H19FN4O. The Kier molecular flexibility index (Phi) is 4.71. The minimum Gasteiger partial charge on any atom is -0.382 e. The van der Waals surface area contributed by atoms with Crippen molar-refractivity contribution in [3.63, 3.8) is 0 Å². The van der Waals surface area contributed by atoms with Gasteiger partial charge < -0.3 is 15.5 Å². The van der Waals surface area contributed by atoms with Gasteiger partial charge in [-0.25, -0.2) is 9.18 Å². The lowest BCUT2D eigenvalue weighted by molar-refractivity contribution is 0.197. The van der Waals surface area contributed by atoms with E-state index in [1.807, 2.05) is 4.90 Å². The van der Waals surface area contributed by atoms with Crippen molar-refractivity contribution in [2.24, 2.45) is 0 Å². The fourth-order valence-corrected chi connectivity index (χ4v) is 2.65. The van der Waals surface area contributed by atoms with E-state index in [4.69, 9.17) is 0 Å². The summed E-state index contributed by atoms with van der Waals surface area (Å²) >= 11 is 0. The lowest BCUT2D eigenvalue weighted by Gasteiger charge is -2.32. The second kappa shape index (κ2) is 7.09. The molecule has 0 spiro atoms. The number of anilines is 2. The second-order valence-electron chi connectivity index (χ2n) is 5.58. The van der Waals surface area contributed by atoms with Crippen LogP contribution in [0.4, 0.5) is 20.6 Å². The van der Waals surface area contributed by atoms with Crippen LogP contribution in [-0.4, -0.2) is 35.0 Å². The Hall–Kier alpha value is -2.63. The summed E-state index contributed by atoms with van der Waals surface area (Å²) in [4.78, 5) is 17.9. The van der Waals surface area contributed by atoms with E-state index < -0.39 is 0 Å². The lowest BCUT2D eigenvalue weighted by atomic mass is 10.0. The first-order valence-electron chi connectivity index (χ1n) is 7.69. The fraction of sp³-hybridized carbons (Fsp3) is 0.294. The Bertz CT molecular complexity index is 639. The van der Waals surface area contributed by atoms with Crippen molar-refractivity contribution in [1.82, 2.24) is 9.88 Å². The van der Waals surface area contributed by atoms with Gasteiger partial charge in [0.25, 0.3) is 0 Å². The van der Waals surface area contributed by atoms with Crippen molar-refractivity contribution < 1.29 is 9.18 Å². The van der Waals surface area contributed by atoms with E-state index in [0.29, 0.717) is 19.1 Å². The maximum Gasteiger partial charge on any atom is 0.321 e. The van der Waals surface area contributed by atoms with Crippen LogP contribution in [-0.2, 0) is 0 Å². The number of halogens is 1. The molecule has 1 aromatic carbocycles. The highest BCUT2D eigenvalue weighted by atomic mass is 19.1. The number of piperidine rings is 1. The third-order valence-electron chi connectivity index (χ3n) is 3.93. The molecule has 1 saturated heterocycles. The Morgan fingerprint density at radius 3 is 2.35 bits per heavy atom. The summed E-state index contributed by atoms with van der Waals surface area (Å²) in [6.45, 7) is 1.38. The van der Waals surface area contributed by atoms with Gasteiger partial charge in [-0.2, -0.15) is 0 Å². The third kappa shape index (κ3) is 4.18. The Morgan fingerprint density at radius 2 is 1.70 bits per heavy atom. The molecule has 1 fully saturated rings. The first kappa shape index (κ1) is 15.3. The lowest BCUT2D eigenvalue weighted by Crippen LogP contribution is -2.44. The van der Waals surface area contributed by atoms with Gasteiger partial charge in [-0.1, -0.05) is 0 Å². The third-order valence-corrected chi connectivity index (χ3v) is 3.93. The quantitative estimate of drug-likeness (QED) is 0.913. The van der Waals surface area contributed by atoms with Crippen molar-refractivity contribution in [3.05, 3.63) is 54.6 Å². The molecule has 1 aromatic heterocycles. The van der Waals surface area contributed by atoms with Crippen molar-refractivity contribution in [2.75, 3.05) is 23.7 Å². The Morgan fingerprint density at radius 1 is 1.04 bits per heavy atom. The van der Waals surface area contributed by atoms with Crippen LogP contribution in [0.3, 0.4) is 0 Å².